The minimum Gasteiger partial charge on any atom is -0.496 e. The molecule has 1 aliphatic rings. The highest BCUT2D eigenvalue weighted by Gasteiger charge is 2.23. The first-order valence-electron chi connectivity index (χ1n) is 6.21. The van der Waals surface area contributed by atoms with Crippen LogP contribution < -0.4 is 10.5 Å². The van der Waals surface area contributed by atoms with Crippen molar-refractivity contribution < 1.29 is 4.74 Å². The maximum atomic E-state index is 6.37. The third kappa shape index (κ3) is 2.38. The Morgan fingerprint density at radius 3 is 2.56 bits per heavy atom. The quantitative estimate of drug-likeness (QED) is 0.846. The molecule has 2 heteroatoms. The first-order valence-corrected chi connectivity index (χ1v) is 6.21. The molecule has 1 aromatic rings. The summed E-state index contributed by atoms with van der Waals surface area (Å²) < 4.78 is 5.38. The summed E-state index contributed by atoms with van der Waals surface area (Å²) in [6.45, 7) is 0. The van der Waals surface area contributed by atoms with Gasteiger partial charge in [0, 0.05) is 11.6 Å². The predicted molar refractivity (Wildman–Crippen MR) is 66.5 cm³/mol. The lowest BCUT2D eigenvalue weighted by Crippen LogP contribution is -2.23. The number of methoxy groups -OCH3 is 1. The maximum absolute atomic E-state index is 6.37. The maximum Gasteiger partial charge on any atom is 0.123 e. The second kappa shape index (κ2) is 5.35. The third-order valence-corrected chi connectivity index (χ3v) is 3.66. The Kier molecular flexibility index (Phi) is 3.83. The van der Waals surface area contributed by atoms with Crippen LogP contribution in [0.15, 0.2) is 24.3 Å². The third-order valence-electron chi connectivity index (χ3n) is 3.66. The van der Waals surface area contributed by atoms with Crippen molar-refractivity contribution in [3.63, 3.8) is 0 Å². The summed E-state index contributed by atoms with van der Waals surface area (Å²) in [4.78, 5) is 0. The zero-order valence-electron chi connectivity index (χ0n) is 9.99. The van der Waals surface area contributed by atoms with Gasteiger partial charge >= 0.3 is 0 Å². The summed E-state index contributed by atoms with van der Waals surface area (Å²) in [5.74, 6) is 1.56. The smallest absolute Gasteiger partial charge is 0.123 e. The van der Waals surface area contributed by atoms with Gasteiger partial charge in [-0.2, -0.15) is 0 Å². The first kappa shape index (κ1) is 11.5. The Morgan fingerprint density at radius 2 is 1.88 bits per heavy atom. The fourth-order valence-electron chi connectivity index (χ4n) is 2.69. The van der Waals surface area contributed by atoms with Crippen molar-refractivity contribution in [1.82, 2.24) is 0 Å². The largest absolute Gasteiger partial charge is 0.496 e. The minimum atomic E-state index is 0.136. The number of nitrogens with two attached hydrogens (primary N) is 1. The molecule has 0 unspecified atom stereocenters. The summed E-state index contributed by atoms with van der Waals surface area (Å²) in [6.07, 6.45) is 6.55. The molecule has 1 aliphatic carbocycles. The van der Waals surface area contributed by atoms with Crippen molar-refractivity contribution in [3.8, 4) is 5.75 Å². The molecule has 0 aromatic heterocycles. The zero-order chi connectivity index (χ0) is 11.4. The average molecular weight is 219 g/mol. The highest BCUT2D eigenvalue weighted by Crippen LogP contribution is 2.36. The Morgan fingerprint density at radius 1 is 1.19 bits per heavy atom. The minimum absolute atomic E-state index is 0.136. The van der Waals surface area contributed by atoms with Crippen LogP contribution in [0.5, 0.6) is 5.75 Å². The van der Waals surface area contributed by atoms with Gasteiger partial charge in [-0.15, -0.1) is 0 Å². The van der Waals surface area contributed by atoms with E-state index in [1.54, 1.807) is 7.11 Å². The van der Waals surface area contributed by atoms with E-state index in [4.69, 9.17) is 10.5 Å². The Balaban J connectivity index is 2.15. The van der Waals surface area contributed by atoms with Gasteiger partial charge in [0.1, 0.15) is 5.75 Å². The highest BCUT2D eigenvalue weighted by molar-refractivity contribution is 5.36. The van der Waals surface area contributed by atoms with Crippen molar-refractivity contribution in [1.29, 1.82) is 0 Å². The van der Waals surface area contributed by atoms with E-state index in [-0.39, 0.29) is 6.04 Å². The lowest BCUT2D eigenvalue weighted by atomic mass is 9.81. The fraction of sp³-hybridized carbons (Fsp3) is 0.571. The van der Waals surface area contributed by atoms with Gasteiger partial charge < -0.3 is 10.5 Å². The molecule has 0 amide bonds. The number of ether oxygens (including phenoxy) is 1. The van der Waals surface area contributed by atoms with Crippen LogP contribution in [0, 0.1) is 5.92 Å². The molecule has 0 radical (unpaired) electrons. The molecule has 2 rings (SSSR count). The molecule has 2 nitrogen and oxygen atoms in total. The molecule has 1 fully saturated rings. The van der Waals surface area contributed by atoms with E-state index in [2.05, 4.69) is 6.07 Å². The topological polar surface area (TPSA) is 35.2 Å². The summed E-state index contributed by atoms with van der Waals surface area (Å²) in [5.41, 5.74) is 7.53. The second-order valence-corrected chi connectivity index (χ2v) is 4.67. The number of rotatable bonds is 3. The van der Waals surface area contributed by atoms with Crippen molar-refractivity contribution in [2.75, 3.05) is 7.11 Å². The number of hydrogen-bond donors (Lipinski definition) is 1. The standard InChI is InChI=1S/C14H21NO/c1-16-13-10-6-5-9-12(13)14(15)11-7-3-2-4-8-11/h5-6,9-11,14H,2-4,7-8,15H2,1H3/t14-/m1/s1. The Labute approximate surface area is 97.8 Å². The average Bonchev–Trinajstić information content (AvgIpc) is 2.39. The first-order chi connectivity index (χ1) is 7.83. The van der Waals surface area contributed by atoms with E-state index in [9.17, 15) is 0 Å². The molecule has 2 N–H and O–H groups in total. The van der Waals surface area contributed by atoms with Crippen molar-refractivity contribution >= 4 is 0 Å². The van der Waals surface area contributed by atoms with Crippen molar-refractivity contribution in [2.45, 2.75) is 38.1 Å². The molecule has 16 heavy (non-hydrogen) atoms. The van der Waals surface area contributed by atoms with Crippen LogP contribution in [0.4, 0.5) is 0 Å². The van der Waals surface area contributed by atoms with Crippen molar-refractivity contribution in [3.05, 3.63) is 29.8 Å². The molecule has 0 aliphatic heterocycles. The SMILES string of the molecule is COc1ccccc1[C@H](N)C1CCCCC1. The van der Waals surface area contributed by atoms with Crippen LogP contribution in [0.1, 0.15) is 43.7 Å². The summed E-state index contributed by atoms with van der Waals surface area (Å²) >= 11 is 0. The molecule has 1 aromatic carbocycles. The van der Waals surface area contributed by atoms with Crippen LogP contribution in [-0.4, -0.2) is 7.11 Å². The van der Waals surface area contributed by atoms with Gasteiger partial charge in [-0.3, -0.25) is 0 Å². The van der Waals surface area contributed by atoms with Gasteiger partial charge in [0.2, 0.25) is 0 Å². The van der Waals surface area contributed by atoms with Gasteiger partial charge in [0.15, 0.2) is 0 Å². The van der Waals surface area contributed by atoms with Crippen LogP contribution in [-0.2, 0) is 0 Å². The molecule has 0 saturated heterocycles. The Hall–Kier alpha value is -1.02. The lowest BCUT2D eigenvalue weighted by Gasteiger charge is -2.28. The number of benzene rings is 1. The van der Waals surface area contributed by atoms with E-state index in [0.717, 1.165) is 11.3 Å². The molecule has 0 bridgehead atoms. The van der Waals surface area contributed by atoms with E-state index in [1.165, 1.54) is 32.1 Å². The van der Waals surface area contributed by atoms with Gasteiger partial charge in [0.05, 0.1) is 7.11 Å². The monoisotopic (exact) mass is 219 g/mol. The van der Waals surface area contributed by atoms with Crippen LogP contribution in [0.3, 0.4) is 0 Å². The molecular formula is C14H21NO. The molecule has 0 heterocycles. The fourth-order valence-corrected chi connectivity index (χ4v) is 2.69. The van der Waals surface area contributed by atoms with Crippen LogP contribution >= 0.6 is 0 Å². The van der Waals surface area contributed by atoms with Gasteiger partial charge in [-0.05, 0) is 24.8 Å². The van der Waals surface area contributed by atoms with Gasteiger partial charge in [-0.25, -0.2) is 0 Å². The predicted octanol–water partition coefficient (Wildman–Crippen LogP) is 3.28. The number of para-hydroxylation sites is 1. The van der Waals surface area contributed by atoms with E-state index < -0.39 is 0 Å². The molecule has 88 valence electrons. The molecule has 1 saturated carbocycles. The van der Waals surface area contributed by atoms with E-state index in [0.29, 0.717) is 5.92 Å². The van der Waals surface area contributed by atoms with Gasteiger partial charge in [0.25, 0.3) is 0 Å². The number of hydrogen-bond acceptors (Lipinski definition) is 2. The highest BCUT2D eigenvalue weighted by atomic mass is 16.5. The summed E-state index contributed by atoms with van der Waals surface area (Å²) in [6, 6.07) is 8.27. The Bertz CT molecular complexity index is 331. The molecular weight excluding hydrogens is 198 g/mol. The zero-order valence-corrected chi connectivity index (χ0v) is 9.99. The van der Waals surface area contributed by atoms with E-state index in [1.807, 2.05) is 18.2 Å². The van der Waals surface area contributed by atoms with E-state index >= 15 is 0 Å². The van der Waals surface area contributed by atoms with Crippen molar-refractivity contribution in [2.24, 2.45) is 11.7 Å². The summed E-state index contributed by atoms with van der Waals surface area (Å²) in [5, 5.41) is 0. The second-order valence-electron chi connectivity index (χ2n) is 4.67. The summed E-state index contributed by atoms with van der Waals surface area (Å²) in [7, 11) is 1.71. The molecule has 1 atom stereocenters. The van der Waals surface area contributed by atoms with Crippen LogP contribution in [0.25, 0.3) is 0 Å². The molecule has 0 spiro atoms. The van der Waals surface area contributed by atoms with Gasteiger partial charge in [-0.1, -0.05) is 37.5 Å². The normalized spacial score (nSPS) is 19.4. The van der Waals surface area contributed by atoms with Crippen LogP contribution in [0.2, 0.25) is 0 Å². The lowest BCUT2D eigenvalue weighted by molar-refractivity contribution is 0.301.